The van der Waals surface area contributed by atoms with E-state index in [0.29, 0.717) is 44.0 Å². The number of aliphatic hydroxyl groups is 1. The summed E-state index contributed by atoms with van der Waals surface area (Å²) in [6, 6.07) is 4.39. The summed E-state index contributed by atoms with van der Waals surface area (Å²) in [4.78, 5) is 15.8. The van der Waals surface area contributed by atoms with Crippen molar-refractivity contribution in [2.24, 2.45) is 22.7 Å². The number of ether oxygens (including phenoxy) is 7. The molecule has 0 radical (unpaired) electrons. The van der Waals surface area contributed by atoms with E-state index in [2.05, 4.69) is 31.7 Å². The molecule has 1 saturated heterocycles. The summed E-state index contributed by atoms with van der Waals surface area (Å²) in [6.45, 7) is 12.8. The van der Waals surface area contributed by atoms with E-state index < -0.39 is 17.4 Å². The zero-order valence-corrected chi connectivity index (χ0v) is 29.2. The molecule has 7 atom stereocenters. The Morgan fingerprint density at radius 2 is 1.72 bits per heavy atom. The molecule has 1 N–H and O–H groups in total. The fourth-order valence-electron chi connectivity index (χ4n) is 10.4. The van der Waals surface area contributed by atoms with Gasteiger partial charge in [0.15, 0.2) is 11.5 Å². The molecular weight excluding hydrogens is 602 g/mol. The molecule has 262 valence electrons. The Balaban J connectivity index is 1.18. The van der Waals surface area contributed by atoms with E-state index >= 15 is 0 Å². The molecule has 0 aromatic heterocycles. The highest BCUT2D eigenvalue weighted by Crippen LogP contribution is 2.78. The maximum atomic E-state index is 13.0. The molecule has 8 rings (SSSR count). The van der Waals surface area contributed by atoms with Crippen LogP contribution in [0.4, 0.5) is 4.79 Å². The van der Waals surface area contributed by atoms with Gasteiger partial charge in [-0.3, -0.25) is 4.90 Å². The number of carbonyl (C=O) groups is 1. The van der Waals surface area contributed by atoms with Crippen LogP contribution in [0, 0.1) is 22.7 Å². The first-order chi connectivity index (χ1) is 22.4. The summed E-state index contributed by atoms with van der Waals surface area (Å²) in [5, 5.41) is 12.4. The molecule has 4 bridgehead atoms. The van der Waals surface area contributed by atoms with Gasteiger partial charge in [-0.2, -0.15) is 0 Å². The van der Waals surface area contributed by atoms with Crippen LogP contribution < -0.4 is 9.47 Å². The second-order valence-corrected chi connectivity index (χ2v) is 16.2. The van der Waals surface area contributed by atoms with Crippen LogP contribution in [0.5, 0.6) is 11.5 Å². The Bertz CT molecular complexity index is 1340. The molecule has 10 nitrogen and oxygen atoms in total. The third-order valence-electron chi connectivity index (χ3n) is 13.3. The summed E-state index contributed by atoms with van der Waals surface area (Å²) >= 11 is 0. The van der Waals surface area contributed by atoms with Gasteiger partial charge >= 0.3 is 6.16 Å². The van der Waals surface area contributed by atoms with E-state index in [-0.39, 0.29) is 41.5 Å². The smallest absolute Gasteiger partial charge is 0.482 e. The molecule has 4 saturated carbocycles. The first-order valence-electron chi connectivity index (χ1n) is 17.8. The lowest BCUT2D eigenvalue weighted by Gasteiger charge is -2.75. The summed E-state index contributed by atoms with van der Waals surface area (Å²) < 4.78 is 41.0. The van der Waals surface area contributed by atoms with Crippen molar-refractivity contribution in [3.63, 3.8) is 0 Å². The molecule has 1 aromatic carbocycles. The van der Waals surface area contributed by atoms with Crippen LogP contribution in [0.2, 0.25) is 0 Å². The van der Waals surface area contributed by atoms with Crippen LogP contribution in [0.15, 0.2) is 12.1 Å². The number of nitrogens with zero attached hydrogens (tertiary/aromatic N) is 1. The van der Waals surface area contributed by atoms with E-state index in [4.69, 9.17) is 33.2 Å². The van der Waals surface area contributed by atoms with Gasteiger partial charge in [0.2, 0.25) is 0 Å². The van der Waals surface area contributed by atoms with Crippen molar-refractivity contribution in [3.8, 4) is 11.5 Å². The zero-order valence-electron chi connectivity index (χ0n) is 29.2. The van der Waals surface area contributed by atoms with Crippen molar-refractivity contribution < 1.29 is 43.1 Å². The Hall–Kier alpha value is -1.95. The lowest BCUT2D eigenvalue weighted by atomic mass is 9.33. The van der Waals surface area contributed by atoms with Crippen molar-refractivity contribution in [2.45, 2.75) is 101 Å². The first-order valence-corrected chi connectivity index (χ1v) is 17.8. The average Bonchev–Trinajstić information content (AvgIpc) is 3.78. The number of benzene rings is 1. The molecule has 2 spiro atoms. The quantitative estimate of drug-likeness (QED) is 0.169. The standard InChI is InChI=1S/C37H55NO9/c1-33(2,3)34(4,40)27-22-35-11-12-37(27,42-6)31-36(35)13-14-38(23-24-7-8-24)28(35)21-25-9-10-26(30(47-31)29(25)36)46-32(39)45-20-19-44-18-17-43-16-15-41-5/h9-10,24,27-28,31,40H,7-8,11-23H2,1-6H3/t27-,28-,31-,34+,35-,36+,37+/m1/s1. The highest BCUT2D eigenvalue weighted by atomic mass is 16.7. The van der Waals surface area contributed by atoms with Crippen molar-refractivity contribution in [2.75, 3.05) is 67.0 Å². The Morgan fingerprint density at radius 3 is 2.40 bits per heavy atom. The van der Waals surface area contributed by atoms with E-state index in [1.165, 1.54) is 24.0 Å². The normalized spacial score (nSPS) is 34.8. The summed E-state index contributed by atoms with van der Waals surface area (Å²) in [6.07, 6.45) is 6.25. The van der Waals surface area contributed by atoms with Crippen LogP contribution in [-0.4, -0.2) is 106 Å². The van der Waals surface area contributed by atoms with Crippen LogP contribution >= 0.6 is 0 Å². The van der Waals surface area contributed by atoms with Gasteiger partial charge in [0.05, 0.1) is 38.6 Å². The summed E-state index contributed by atoms with van der Waals surface area (Å²) in [5.74, 6) is 1.73. The minimum Gasteiger partial charge on any atom is -0.482 e. The lowest BCUT2D eigenvalue weighted by molar-refractivity contribution is -0.312. The maximum Gasteiger partial charge on any atom is 0.514 e. The van der Waals surface area contributed by atoms with Gasteiger partial charge in [0, 0.05) is 49.1 Å². The number of likely N-dealkylation sites (tertiary alicyclic amines) is 1. The van der Waals surface area contributed by atoms with Gasteiger partial charge in [0.25, 0.3) is 0 Å². The fraction of sp³-hybridized carbons (Fsp3) is 0.811. The molecule has 5 fully saturated rings. The third-order valence-corrected chi connectivity index (χ3v) is 13.3. The second-order valence-electron chi connectivity index (χ2n) is 16.2. The average molecular weight is 658 g/mol. The minimum absolute atomic E-state index is 0.0720. The first kappa shape index (κ1) is 33.5. The Morgan fingerprint density at radius 1 is 1.00 bits per heavy atom. The number of hydrogen-bond acceptors (Lipinski definition) is 10. The molecule has 2 heterocycles. The molecule has 2 aliphatic heterocycles. The second kappa shape index (κ2) is 12.1. The van der Waals surface area contributed by atoms with Crippen molar-refractivity contribution >= 4 is 6.16 Å². The molecular formula is C37H55NO9. The van der Waals surface area contributed by atoms with Gasteiger partial charge in [0.1, 0.15) is 18.3 Å². The topological polar surface area (TPSA) is 105 Å². The molecule has 7 aliphatic rings. The molecule has 1 aromatic rings. The largest absolute Gasteiger partial charge is 0.514 e. The summed E-state index contributed by atoms with van der Waals surface area (Å²) in [7, 11) is 3.44. The van der Waals surface area contributed by atoms with Crippen LogP contribution in [0.25, 0.3) is 0 Å². The zero-order chi connectivity index (χ0) is 33.2. The fourth-order valence-corrected chi connectivity index (χ4v) is 10.4. The SMILES string of the molecule is COCCOCCOCCOC(=O)Oc1ccc2c3c1O[C@H]1[C@]4(OC)CC[C@@]5(C[C@@H]4[C@](C)(O)C(C)(C)C)[C@@H](C2)N(CC2CC2)CC[C@]315. The third kappa shape index (κ3) is 5.06. The van der Waals surface area contributed by atoms with Crippen LogP contribution in [0.3, 0.4) is 0 Å². The Labute approximate surface area is 279 Å². The van der Waals surface area contributed by atoms with Crippen molar-refractivity contribution in [1.29, 1.82) is 0 Å². The highest BCUT2D eigenvalue weighted by Gasteiger charge is 2.82. The number of piperidine rings is 1. The minimum atomic E-state index is -0.993. The predicted molar refractivity (Wildman–Crippen MR) is 174 cm³/mol. The van der Waals surface area contributed by atoms with Gasteiger partial charge in [-0.1, -0.05) is 26.8 Å². The molecule has 10 heteroatoms. The van der Waals surface area contributed by atoms with Gasteiger partial charge < -0.3 is 38.3 Å². The molecule has 0 amide bonds. The predicted octanol–water partition coefficient (Wildman–Crippen LogP) is 4.90. The molecule has 47 heavy (non-hydrogen) atoms. The van der Waals surface area contributed by atoms with Crippen LogP contribution in [0.1, 0.15) is 77.3 Å². The van der Waals surface area contributed by atoms with Crippen molar-refractivity contribution in [1.82, 2.24) is 4.90 Å². The number of fused-ring (bicyclic) bond motifs is 2. The lowest BCUT2D eigenvalue weighted by Crippen LogP contribution is -2.83. The van der Waals surface area contributed by atoms with E-state index in [1.54, 1.807) is 14.2 Å². The molecule has 0 unspecified atom stereocenters. The van der Waals surface area contributed by atoms with Crippen molar-refractivity contribution in [3.05, 3.63) is 23.3 Å². The van der Waals surface area contributed by atoms with E-state index in [1.807, 2.05) is 13.0 Å². The van der Waals surface area contributed by atoms with Gasteiger partial charge in [-0.25, -0.2) is 4.79 Å². The maximum absolute atomic E-state index is 13.0. The highest BCUT2D eigenvalue weighted by molar-refractivity contribution is 5.70. The number of carbonyl (C=O) groups excluding carboxylic acids is 1. The van der Waals surface area contributed by atoms with E-state index in [9.17, 15) is 9.90 Å². The number of hydrogen-bond donors (Lipinski definition) is 1. The Kier molecular flexibility index (Phi) is 8.65. The van der Waals surface area contributed by atoms with Crippen LogP contribution in [-0.2, 0) is 35.5 Å². The number of methoxy groups -OCH3 is 2. The number of rotatable bonds is 14. The summed E-state index contributed by atoms with van der Waals surface area (Å²) in [5.41, 5.74) is 0.109. The van der Waals surface area contributed by atoms with Gasteiger partial charge in [-0.05, 0) is 81.4 Å². The van der Waals surface area contributed by atoms with E-state index in [0.717, 1.165) is 51.1 Å². The monoisotopic (exact) mass is 657 g/mol. The van der Waals surface area contributed by atoms with Gasteiger partial charge in [-0.15, -0.1) is 0 Å². The molecule has 5 aliphatic carbocycles.